The fraction of sp³-hybridized carbons (Fsp3) is 0.152. The molecule has 0 amide bonds. The molecule has 7 rings (SSSR count). The van der Waals surface area contributed by atoms with Crippen molar-refractivity contribution in [1.82, 2.24) is 4.57 Å². The van der Waals surface area contributed by atoms with Gasteiger partial charge in [-0.15, -0.1) is 0 Å². The van der Waals surface area contributed by atoms with E-state index in [0.717, 1.165) is 41.0 Å². The van der Waals surface area contributed by atoms with Gasteiger partial charge in [-0.2, -0.15) is 0 Å². The predicted molar refractivity (Wildman–Crippen MR) is 163 cm³/mol. The number of nitro groups is 1. The number of nitrogens with zero attached hydrogens (tertiary/aromatic N) is 3. The third-order valence-corrected chi connectivity index (χ3v) is 8.82. The topological polar surface area (TPSA) is 109 Å². The van der Waals surface area contributed by atoms with E-state index >= 15 is 0 Å². The molecule has 0 bridgehead atoms. The van der Waals surface area contributed by atoms with Crippen LogP contribution in [0.15, 0.2) is 98.6 Å². The van der Waals surface area contributed by atoms with E-state index in [2.05, 4.69) is 12.1 Å². The summed E-state index contributed by atoms with van der Waals surface area (Å²) in [4.78, 5) is 30.6. The quantitative estimate of drug-likeness (QED) is 0.191. The molecule has 3 heterocycles. The average Bonchev–Trinajstić information content (AvgIpc) is 3.63. The number of hydrogen-bond donors (Lipinski definition) is 0. The van der Waals surface area contributed by atoms with Crippen LogP contribution < -0.4 is 24.4 Å². The number of aromatic nitrogens is 1. The average molecular weight is 592 g/mol. The van der Waals surface area contributed by atoms with Gasteiger partial charge in [0.05, 0.1) is 41.0 Å². The number of nitro benzene ring substituents is 1. The highest BCUT2D eigenvalue weighted by Gasteiger charge is 2.32. The molecule has 2 aromatic heterocycles. The highest BCUT2D eigenvalue weighted by molar-refractivity contribution is 7.07. The Balaban J connectivity index is 1.38. The number of aryl methyl sites for hydroxylation is 1. The number of allylic oxidation sites excluding steroid dienone is 1. The van der Waals surface area contributed by atoms with Crippen molar-refractivity contribution in [3.8, 4) is 22.8 Å². The fourth-order valence-electron chi connectivity index (χ4n) is 5.84. The molecule has 0 radical (unpaired) electrons. The van der Waals surface area contributed by atoms with Crippen LogP contribution in [0.4, 0.5) is 5.69 Å². The van der Waals surface area contributed by atoms with Crippen molar-refractivity contribution in [3.63, 3.8) is 0 Å². The number of furan rings is 1. The van der Waals surface area contributed by atoms with Gasteiger partial charge in [0, 0.05) is 23.8 Å². The first-order chi connectivity index (χ1) is 20.9. The number of ether oxygens (including phenoxy) is 2. The fourth-order valence-corrected chi connectivity index (χ4v) is 6.82. The van der Waals surface area contributed by atoms with E-state index in [4.69, 9.17) is 18.9 Å². The van der Waals surface area contributed by atoms with Crippen LogP contribution in [0.3, 0.4) is 0 Å². The largest absolute Gasteiger partial charge is 0.497 e. The standard InChI is InChI=1S/C33H25N3O6S/c1-40-22-8-5-7-20(16-22)31-25-13-10-19-6-3-4-9-24(19)30(25)34-33-35(31)32(37)29(43-33)18-23-12-15-28(42-23)26-17-21(36(38)39)11-14-27(26)41-2/h3-9,11-12,14-18,31H,10,13H2,1-2H3/b29-18+/t31-/m1/s1. The maximum absolute atomic E-state index is 14.1. The number of hydrogen-bond acceptors (Lipinski definition) is 8. The van der Waals surface area contributed by atoms with Crippen LogP contribution >= 0.6 is 11.3 Å². The van der Waals surface area contributed by atoms with Crippen LogP contribution in [-0.2, 0) is 6.42 Å². The molecule has 0 N–H and O–H groups in total. The molecular formula is C33H25N3O6S. The van der Waals surface area contributed by atoms with Gasteiger partial charge < -0.3 is 13.9 Å². The summed E-state index contributed by atoms with van der Waals surface area (Å²) in [5.41, 5.74) is 5.50. The van der Waals surface area contributed by atoms with E-state index in [1.54, 1.807) is 29.9 Å². The second-order valence-corrected chi connectivity index (χ2v) is 11.2. The first kappa shape index (κ1) is 26.7. The van der Waals surface area contributed by atoms with Gasteiger partial charge in [-0.05, 0) is 59.9 Å². The van der Waals surface area contributed by atoms with Crippen LogP contribution in [0, 0.1) is 10.1 Å². The number of non-ortho nitro benzene ring substituents is 1. The predicted octanol–water partition coefficient (Wildman–Crippen LogP) is 5.50. The lowest BCUT2D eigenvalue weighted by Crippen LogP contribution is -2.38. The van der Waals surface area contributed by atoms with E-state index in [9.17, 15) is 14.9 Å². The highest BCUT2D eigenvalue weighted by Crippen LogP contribution is 2.42. The molecule has 3 aromatic carbocycles. The first-order valence-corrected chi connectivity index (χ1v) is 14.5. The van der Waals surface area contributed by atoms with Crippen LogP contribution in [-0.4, -0.2) is 23.7 Å². The monoisotopic (exact) mass is 591 g/mol. The van der Waals surface area contributed by atoms with Gasteiger partial charge in [0.25, 0.3) is 11.2 Å². The third kappa shape index (κ3) is 4.56. The minimum atomic E-state index is -0.468. The Morgan fingerprint density at radius 1 is 1.00 bits per heavy atom. The Labute approximate surface area is 249 Å². The lowest BCUT2D eigenvalue weighted by molar-refractivity contribution is -0.384. The van der Waals surface area contributed by atoms with Gasteiger partial charge in [0.15, 0.2) is 4.80 Å². The van der Waals surface area contributed by atoms with Crippen molar-refractivity contribution in [2.24, 2.45) is 4.99 Å². The van der Waals surface area contributed by atoms with E-state index in [0.29, 0.717) is 32.2 Å². The van der Waals surface area contributed by atoms with E-state index in [1.165, 1.54) is 42.2 Å². The molecule has 0 spiro atoms. The normalized spacial score (nSPS) is 15.8. The Morgan fingerprint density at radius 2 is 1.86 bits per heavy atom. The van der Waals surface area contributed by atoms with Gasteiger partial charge in [-0.3, -0.25) is 19.5 Å². The minimum Gasteiger partial charge on any atom is -0.497 e. The first-order valence-electron chi connectivity index (χ1n) is 13.6. The Kier molecular flexibility index (Phi) is 6.55. The molecule has 2 aliphatic rings. The summed E-state index contributed by atoms with van der Waals surface area (Å²) in [6.45, 7) is 0. The molecule has 1 atom stereocenters. The number of benzene rings is 3. The van der Waals surface area contributed by atoms with Crippen molar-refractivity contribution in [3.05, 3.63) is 137 Å². The van der Waals surface area contributed by atoms with Crippen LogP contribution in [0.25, 0.3) is 23.1 Å². The summed E-state index contributed by atoms with van der Waals surface area (Å²) in [6.07, 6.45) is 3.34. The molecule has 0 fully saturated rings. The Morgan fingerprint density at radius 3 is 2.67 bits per heavy atom. The summed E-state index contributed by atoms with van der Waals surface area (Å²) >= 11 is 1.30. The lowest BCUT2D eigenvalue weighted by atomic mass is 9.83. The maximum Gasteiger partial charge on any atom is 0.271 e. The molecule has 1 aliphatic carbocycles. The molecule has 10 heteroatoms. The SMILES string of the molecule is COc1cccc([C@@H]2C3=C(N=c4s/c(=C/c5ccc(-c6cc([N+](=O)[O-])ccc6OC)o5)c(=O)n42)c2ccccc2CC3)c1. The van der Waals surface area contributed by atoms with Crippen molar-refractivity contribution < 1.29 is 18.8 Å². The number of thiazole rings is 1. The number of fused-ring (bicyclic) bond motifs is 3. The van der Waals surface area contributed by atoms with Crippen molar-refractivity contribution in [1.29, 1.82) is 0 Å². The summed E-state index contributed by atoms with van der Waals surface area (Å²) in [5.74, 6) is 1.98. The van der Waals surface area contributed by atoms with E-state index in [1.807, 2.05) is 36.4 Å². The number of methoxy groups -OCH3 is 2. The summed E-state index contributed by atoms with van der Waals surface area (Å²) in [6, 6.07) is 23.5. The van der Waals surface area contributed by atoms with Gasteiger partial charge in [-0.25, -0.2) is 4.99 Å². The third-order valence-electron chi connectivity index (χ3n) is 7.84. The van der Waals surface area contributed by atoms with Crippen molar-refractivity contribution in [2.45, 2.75) is 18.9 Å². The number of rotatable bonds is 6. The van der Waals surface area contributed by atoms with Crippen molar-refractivity contribution >= 4 is 28.8 Å². The highest BCUT2D eigenvalue weighted by atomic mass is 32.1. The molecule has 43 heavy (non-hydrogen) atoms. The maximum atomic E-state index is 14.1. The van der Waals surface area contributed by atoms with Gasteiger partial charge in [-0.1, -0.05) is 47.7 Å². The molecule has 5 aromatic rings. The van der Waals surface area contributed by atoms with Gasteiger partial charge >= 0.3 is 0 Å². The molecule has 0 saturated heterocycles. The minimum absolute atomic E-state index is 0.0786. The molecule has 0 unspecified atom stereocenters. The Hall–Kier alpha value is -5.22. The zero-order valence-corrected chi connectivity index (χ0v) is 24.1. The van der Waals surface area contributed by atoms with Crippen LogP contribution in [0.5, 0.6) is 11.5 Å². The van der Waals surface area contributed by atoms with E-state index < -0.39 is 4.92 Å². The second kappa shape index (κ2) is 10.6. The Bertz CT molecular complexity index is 2140. The summed E-state index contributed by atoms with van der Waals surface area (Å²) < 4.78 is 19.2. The van der Waals surface area contributed by atoms with Gasteiger partial charge in [0.1, 0.15) is 23.0 Å². The molecular weight excluding hydrogens is 566 g/mol. The molecule has 9 nitrogen and oxygen atoms in total. The van der Waals surface area contributed by atoms with Crippen LogP contribution in [0.1, 0.15) is 34.9 Å². The van der Waals surface area contributed by atoms with Crippen LogP contribution in [0.2, 0.25) is 0 Å². The summed E-state index contributed by atoms with van der Waals surface area (Å²) in [7, 11) is 3.12. The van der Waals surface area contributed by atoms with Crippen molar-refractivity contribution in [2.75, 3.05) is 14.2 Å². The zero-order valence-electron chi connectivity index (χ0n) is 23.3. The van der Waals surface area contributed by atoms with E-state index in [-0.39, 0.29) is 17.3 Å². The molecule has 0 saturated carbocycles. The zero-order chi connectivity index (χ0) is 29.7. The molecule has 214 valence electrons. The summed E-state index contributed by atoms with van der Waals surface area (Å²) in [5, 5.41) is 11.4. The second-order valence-electron chi connectivity index (χ2n) is 10.2. The van der Waals surface area contributed by atoms with Gasteiger partial charge in [0.2, 0.25) is 0 Å². The molecule has 1 aliphatic heterocycles. The lowest BCUT2D eigenvalue weighted by Gasteiger charge is -2.31. The smallest absolute Gasteiger partial charge is 0.271 e.